The minimum absolute atomic E-state index is 0.00333. The molecule has 3 rings (SSSR count). The summed E-state index contributed by atoms with van der Waals surface area (Å²) in [5.74, 6) is 0.732. The standard InChI is InChI=1S/C12H13NO2/c1-6-10-8-3-4-9(5-8)11(10)12(15)13(6)7(2)14/h3-4,8-11H,1,5H2,2H3. The Labute approximate surface area is 88.4 Å². The monoisotopic (exact) mass is 203 g/mol. The molecule has 2 bridgehead atoms. The number of fused-ring (bicyclic) bond motifs is 5. The van der Waals surface area contributed by atoms with Gasteiger partial charge in [0.25, 0.3) is 0 Å². The van der Waals surface area contributed by atoms with Gasteiger partial charge < -0.3 is 0 Å². The number of carbonyl (C=O) groups excluding carboxylic acids is 2. The second-order valence-electron chi connectivity index (χ2n) is 4.68. The molecule has 78 valence electrons. The van der Waals surface area contributed by atoms with E-state index in [1.165, 1.54) is 11.8 Å². The van der Waals surface area contributed by atoms with Crippen molar-refractivity contribution in [2.75, 3.05) is 0 Å². The average molecular weight is 203 g/mol. The van der Waals surface area contributed by atoms with E-state index in [-0.39, 0.29) is 23.7 Å². The van der Waals surface area contributed by atoms with Gasteiger partial charge in [-0.15, -0.1) is 0 Å². The van der Waals surface area contributed by atoms with Crippen LogP contribution >= 0.6 is 0 Å². The van der Waals surface area contributed by atoms with E-state index < -0.39 is 0 Å². The summed E-state index contributed by atoms with van der Waals surface area (Å²) < 4.78 is 0. The fourth-order valence-electron chi connectivity index (χ4n) is 3.41. The summed E-state index contributed by atoms with van der Waals surface area (Å²) in [5, 5.41) is 0. The van der Waals surface area contributed by atoms with Crippen LogP contribution in [0.4, 0.5) is 0 Å². The molecule has 0 aromatic carbocycles. The van der Waals surface area contributed by atoms with Gasteiger partial charge in [0.15, 0.2) is 0 Å². The van der Waals surface area contributed by atoms with Gasteiger partial charge >= 0.3 is 0 Å². The van der Waals surface area contributed by atoms with Crippen LogP contribution in [0.5, 0.6) is 0 Å². The summed E-state index contributed by atoms with van der Waals surface area (Å²) in [6.45, 7) is 5.35. The number of rotatable bonds is 0. The van der Waals surface area contributed by atoms with Crippen LogP contribution in [0.1, 0.15) is 13.3 Å². The minimum Gasteiger partial charge on any atom is -0.274 e. The van der Waals surface area contributed by atoms with Crippen LogP contribution < -0.4 is 0 Å². The van der Waals surface area contributed by atoms with Gasteiger partial charge in [-0.25, -0.2) is 0 Å². The highest BCUT2D eigenvalue weighted by Crippen LogP contribution is 2.55. The molecule has 3 heteroatoms. The molecule has 0 aromatic rings. The first-order valence-corrected chi connectivity index (χ1v) is 5.33. The van der Waals surface area contributed by atoms with Crippen LogP contribution in [0.15, 0.2) is 24.4 Å². The molecule has 15 heavy (non-hydrogen) atoms. The van der Waals surface area contributed by atoms with E-state index in [1.54, 1.807) is 0 Å². The maximum Gasteiger partial charge on any atom is 0.237 e. The van der Waals surface area contributed by atoms with Gasteiger partial charge in [-0.05, 0) is 18.3 Å². The number of likely N-dealkylation sites (tertiary alicyclic amines) is 1. The molecule has 4 atom stereocenters. The highest BCUT2D eigenvalue weighted by molar-refractivity contribution is 6.00. The Bertz CT molecular complexity index is 380. The van der Waals surface area contributed by atoms with Gasteiger partial charge in [-0.1, -0.05) is 18.7 Å². The van der Waals surface area contributed by atoms with Crippen molar-refractivity contribution in [1.29, 1.82) is 0 Å². The van der Waals surface area contributed by atoms with Crippen LogP contribution in [0, 0.1) is 23.7 Å². The highest BCUT2D eigenvalue weighted by Gasteiger charge is 2.57. The smallest absolute Gasteiger partial charge is 0.237 e. The maximum atomic E-state index is 12.0. The number of imide groups is 1. The number of allylic oxidation sites excluding steroid dienone is 3. The largest absolute Gasteiger partial charge is 0.274 e. The third-order valence-electron chi connectivity index (χ3n) is 3.95. The second-order valence-corrected chi connectivity index (χ2v) is 4.68. The first kappa shape index (κ1) is 8.89. The molecule has 2 aliphatic carbocycles. The van der Waals surface area contributed by atoms with Crippen molar-refractivity contribution in [3.8, 4) is 0 Å². The number of hydrogen-bond donors (Lipinski definition) is 0. The fourth-order valence-corrected chi connectivity index (χ4v) is 3.41. The van der Waals surface area contributed by atoms with Crippen molar-refractivity contribution in [3.63, 3.8) is 0 Å². The van der Waals surface area contributed by atoms with E-state index in [4.69, 9.17) is 0 Å². The van der Waals surface area contributed by atoms with E-state index in [2.05, 4.69) is 18.7 Å². The van der Waals surface area contributed by atoms with Crippen LogP contribution in [-0.2, 0) is 9.59 Å². The molecule has 1 heterocycles. The van der Waals surface area contributed by atoms with Crippen molar-refractivity contribution in [1.82, 2.24) is 4.90 Å². The summed E-state index contributed by atoms with van der Waals surface area (Å²) >= 11 is 0. The predicted molar refractivity (Wildman–Crippen MR) is 54.4 cm³/mol. The highest BCUT2D eigenvalue weighted by atomic mass is 16.2. The summed E-state index contributed by atoms with van der Waals surface area (Å²) in [7, 11) is 0. The molecule has 3 aliphatic rings. The zero-order valence-corrected chi connectivity index (χ0v) is 8.64. The molecule has 2 fully saturated rings. The minimum atomic E-state index is -0.196. The van der Waals surface area contributed by atoms with Gasteiger partial charge in [-0.3, -0.25) is 14.5 Å². The number of carbonyl (C=O) groups is 2. The molecule has 0 aromatic heterocycles. The van der Waals surface area contributed by atoms with Crippen molar-refractivity contribution >= 4 is 11.8 Å². The van der Waals surface area contributed by atoms with E-state index >= 15 is 0 Å². The summed E-state index contributed by atoms with van der Waals surface area (Å²) in [4.78, 5) is 24.7. The van der Waals surface area contributed by atoms with E-state index in [9.17, 15) is 9.59 Å². The van der Waals surface area contributed by atoms with Crippen LogP contribution in [-0.4, -0.2) is 16.7 Å². The number of hydrogen-bond acceptors (Lipinski definition) is 2. The van der Waals surface area contributed by atoms with Crippen LogP contribution in [0.25, 0.3) is 0 Å². The summed E-state index contributed by atoms with van der Waals surface area (Å²) in [5.41, 5.74) is 0.717. The Balaban J connectivity index is 2.03. The molecule has 1 saturated heterocycles. The molecule has 0 radical (unpaired) electrons. The van der Waals surface area contributed by atoms with Gasteiger partial charge in [0, 0.05) is 18.5 Å². The zero-order valence-electron chi connectivity index (χ0n) is 8.64. The van der Waals surface area contributed by atoms with Crippen molar-refractivity contribution in [3.05, 3.63) is 24.4 Å². The normalized spacial score (nSPS) is 41.5. The van der Waals surface area contributed by atoms with Crippen molar-refractivity contribution in [2.24, 2.45) is 23.7 Å². The average Bonchev–Trinajstić information content (AvgIpc) is 2.79. The van der Waals surface area contributed by atoms with Crippen molar-refractivity contribution < 1.29 is 9.59 Å². The third-order valence-corrected chi connectivity index (χ3v) is 3.95. The molecule has 0 spiro atoms. The Morgan fingerprint density at radius 1 is 1.40 bits per heavy atom. The number of nitrogens with zero attached hydrogens (tertiary/aromatic N) is 1. The molecular weight excluding hydrogens is 190 g/mol. The Morgan fingerprint density at radius 2 is 2.00 bits per heavy atom. The predicted octanol–water partition coefficient (Wildman–Crippen LogP) is 1.33. The third kappa shape index (κ3) is 0.907. The Hall–Kier alpha value is -1.38. The lowest BCUT2D eigenvalue weighted by atomic mass is 9.84. The van der Waals surface area contributed by atoms with Crippen molar-refractivity contribution in [2.45, 2.75) is 13.3 Å². The van der Waals surface area contributed by atoms with Gasteiger partial charge in [-0.2, -0.15) is 0 Å². The Morgan fingerprint density at radius 3 is 2.53 bits per heavy atom. The van der Waals surface area contributed by atoms with Gasteiger partial charge in [0.2, 0.25) is 11.8 Å². The van der Waals surface area contributed by atoms with E-state index in [1.807, 2.05) is 0 Å². The molecule has 3 nitrogen and oxygen atoms in total. The molecule has 4 unspecified atom stereocenters. The quantitative estimate of drug-likeness (QED) is 0.557. The fraction of sp³-hybridized carbons (Fsp3) is 0.500. The number of amides is 2. The first-order valence-electron chi connectivity index (χ1n) is 5.33. The molecular formula is C12H13NO2. The SMILES string of the molecule is C=C1C2C3C=CC(C3)C2C(=O)N1C(C)=O. The Kier molecular flexibility index (Phi) is 1.54. The lowest BCUT2D eigenvalue weighted by Gasteiger charge is -2.18. The maximum absolute atomic E-state index is 12.0. The van der Waals surface area contributed by atoms with E-state index in [0.29, 0.717) is 17.5 Å². The summed E-state index contributed by atoms with van der Waals surface area (Å²) in [6, 6.07) is 0. The first-order chi connectivity index (χ1) is 7.11. The van der Waals surface area contributed by atoms with Gasteiger partial charge in [0.05, 0.1) is 5.92 Å². The van der Waals surface area contributed by atoms with Crippen LogP contribution in [0.2, 0.25) is 0 Å². The lowest BCUT2D eigenvalue weighted by Crippen LogP contribution is -2.32. The van der Waals surface area contributed by atoms with E-state index in [0.717, 1.165) is 6.42 Å². The molecule has 1 saturated carbocycles. The summed E-state index contributed by atoms with van der Waals surface area (Å²) in [6.07, 6.45) is 5.36. The molecule has 0 N–H and O–H groups in total. The molecule has 2 amide bonds. The lowest BCUT2D eigenvalue weighted by molar-refractivity contribution is -0.141. The molecule has 1 aliphatic heterocycles. The zero-order chi connectivity index (χ0) is 10.7. The second kappa shape index (κ2) is 2.60. The van der Waals surface area contributed by atoms with Gasteiger partial charge in [0.1, 0.15) is 0 Å². The topological polar surface area (TPSA) is 37.4 Å². The van der Waals surface area contributed by atoms with Crippen LogP contribution in [0.3, 0.4) is 0 Å².